The Morgan fingerprint density at radius 1 is 0.818 bits per heavy atom. The molecule has 238 valence electrons. The lowest BCUT2D eigenvalue weighted by atomic mass is 10.1. The Morgan fingerprint density at radius 3 is 2.14 bits per heavy atom. The molecule has 0 aromatic carbocycles. The molecular weight excluding hydrogens is 602 g/mol. The highest BCUT2D eigenvalue weighted by molar-refractivity contribution is 8.01. The van der Waals surface area contributed by atoms with Crippen molar-refractivity contribution >= 4 is 17.7 Å². The third-order valence-corrected chi connectivity index (χ3v) is 9.68. The third-order valence-electron chi connectivity index (χ3n) is 8.40. The minimum absolute atomic E-state index is 0.0788. The van der Waals surface area contributed by atoms with E-state index in [9.17, 15) is 24.0 Å². The Kier molecular flexibility index (Phi) is 6.89. The van der Waals surface area contributed by atoms with Crippen LogP contribution >= 0.6 is 11.8 Å². The standard InChI is InChI=1S/C27H33N5O11S/c1-11-8-32(25(37)29-20(11)35)22-17-15(40-26(2,3)42-17)12(38-22)9-31-14(34)10-44-23(31)19-16-18(43-27(4,5)41-16)21(39-19)30-7-6-13(33)28-24(30)36/h6-8,12,15-19,21-23H,9-10H2,1-5H3,(H,28,33,36)(H,29,35,37)/t12-,15-,16+,17-,18-,19+,21-,22-,23+/m1/s1. The molecule has 0 saturated carbocycles. The molecule has 5 saturated heterocycles. The molecule has 7 heterocycles. The zero-order valence-electron chi connectivity index (χ0n) is 24.6. The van der Waals surface area contributed by atoms with E-state index < -0.39 is 88.5 Å². The number of aromatic nitrogens is 4. The lowest BCUT2D eigenvalue weighted by molar-refractivity contribution is -0.204. The summed E-state index contributed by atoms with van der Waals surface area (Å²) >= 11 is 1.37. The second-order valence-corrected chi connectivity index (χ2v) is 13.5. The molecule has 17 heteroatoms. The number of thioether (sulfide) groups is 1. The van der Waals surface area contributed by atoms with Crippen molar-refractivity contribution in [2.45, 2.75) is 101 Å². The van der Waals surface area contributed by atoms with Crippen LogP contribution in [0, 0.1) is 6.92 Å². The molecule has 0 aliphatic carbocycles. The Hall–Kier alpha value is -3.06. The second-order valence-electron chi connectivity index (χ2n) is 12.4. The summed E-state index contributed by atoms with van der Waals surface area (Å²) in [5.41, 5.74) is -2.03. The van der Waals surface area contributed by atoms with Crippen LogP contribution in [-0.4, -0.2) is 95.8 Å². The summed E-state index contributed by atoms with van der Waals surface area (Å²) in [6.45, 7) is 8.68. The summed E-state index contributed by atoms with van der Waals surface area (Å²) in [7, 11) is 0. The van der Waals surface area contributed by atoms with Gasteiger partial charge in [-0.1, -0.05) is 0 Å². The monoisotopic (exact) mass is 635 g/mol. The first kappa shape index (κ1) is 29.6. The first-order valence-electron chi connectivity index (χ1n) is 14.3. The maximum Gasteiger partial charge on any atom is 0.330 e. The van der Waals surface area contributed by atoms with Crippen LogP contribution in [0.15, 0.2) is 37.6 Å². The van der Waals surface area contributed by atoms with Crippen molar-refractivity contribution in [3.05, 3.63) is 65.7 Å². The second kappa shape index (κ2) is 10.2. The van der Waals surface area contributed by atoms with Crippen molar-refractivity contribution in [2.75, 3.05) is 12.3 Å². The number of hydrogen-bond donors (Lipinski definition) is 2. The van der Waals surface area contributed by atoms with Gasteiger partial charge in [-0.15, -0.1) is 11.8 Å². The van der Waals surface area contributed by atoms with E-state index in [0.29, 0.717) is 5.56 Å². The van der Waals surface area contributed by atoms with Gasteiger partial charge in [0, 0.05) is 24.0 Å². The number of carbonyl (C=O) groups is 1. The van der Waals surface area contributed by atoms with E-state index in [1.165, 1.54) is 39.4 Å². The van der Waals surface area contributed by atoms with Crippen molar-refractivity contribution in [2.24, 2.45) is 0 Å². The van der Waals surface area contributed by atoms with Crippen LogP contribution in [-0.2, 0) is 33.2 Å². The predicted molar refractivity (Wildman–Crippen MR) is 151 cm³/mol. The van der Waals surface area contributed by atoms with Crippen molar-refractivity contribution in [1.29, 1.82) is 0 Å². The number of nitrogens with one attached hydrogen (secondary N) is 2. The van der Waals surface area contributed by atoms with Gasteiger partial charge in [-0.05, 0) is 34.6 Å². The first-order chi connectivity index (χ1) is 20.7. The highest BCUT2D eigenvalue weighted by Crippen LogP contribution is 2.48. The molecular formula is C27H33N5O11S. The largest absolute Gasteiger partial charge is 0.347 e. The number of carbonyl (C=O) groups excluding carboxylic acids is 1. The maximum absolute atomic E-state index is 13.4. The highest BCUT2D eigenvalue weighted by Gasteiger charge is 2.61. The molecule has 44 heavy (non-hydrogen) atoms. The van der Waals surface area contributed by atoms with Crippen LogP contribution in [0.5, 0.6) is 0 Å². The number of fused-ring (bicyclic) bond motifs is 2. The molecule has 2 aromatic rings. The van der Waals surface area contributed by atoms with Gasteiger partial charge in [0.1, 0.15) is 42.0 Å². The number of nitrogens with zero attached hydrogens (tertiary/aromatic N) is 3. The van der Waals surface area contributed by atoms with Crippen LogP contribution in [0.3, 0.4) is 0 Å². The van der Waals surface area contributed by atoms with Crippen molar-refractivity contribution in [1.82, 2.24) is 24.0 Å². The molecule has 2 N–H and O–H groups in total. The Morgan fingerprint density at radius 2 is 1.43 bits per heavy atom. The molecule has 0 spiro atoms. The van der Waals surface area contributed by atoms with Crippen LogP contribution in [0.1, 0.15) is 45.7 Å². The van der Waals surface area contributed by atoms with Gasteiger partial charge in [0.15, 0.2) is 24.0 Å². The Bertz CT molecular complexity index is 1730. The van der Waals surface area contributed by atoms with E-state index in [1.54, 1.807) is 39.5 Å². The van der Waals surface area contributed by atoms with Crippen molar-refractivity contribution in [3.8, 4) is 0 Å². The SMILES string of the molecule is Cc1cn([C@@H]2O[C@H](CN3C(=O)CS[C@H]3[C@H]3O[C@@H](n4ccc(=O)[nH]c4=O)[C@@H]4OC(C)(C)O[C@@H]43)[C@H]3OC(C)(C)O[C@H]32)c(=O)[nH]c1=O. The zero-order chi connectivity index (χ0) is 31.3. The fraction of sp³-hybridized carbons (Fsp3) is 0.667. The molecule has 1 amide bonds. The first-order valence-corrected chi connectivity index (χ1v) is 15.3. The van der Waals surface area contributed by atoms with Gasteiger partial charge in [-0.2, -0.15) is 0 Å². The number of aromatic amines is 2. The molecule has 5 aliphatic heterocycles. The smallest absolute Gasteiger partial charge is 0.330 e. The summed E-state index contributed by atoms with van der Waals surface area (Å²) in [6.07, 6.45) is -3.17. The lowest BCUT2D eigenvalue weighted by Gasteiger charge is -2.34. The lowest BCUT2D eigenvalue weighted by Crippen LogP contribution is -2.50. The van der Waals surface area contributed by atoms with E-state index in [-0.39, 0.29) is 18.2 Å². The average molecular weight is 636 g/mol. The Labute approximate surface area is 253 Å². The molecule has 7 rings (SSSR count). The van der Waals surface area contributed by atoms with Crippen molar-refractivity contribution < 1.29 is 33.2 Å². The third kappa shape index (κ3) is 4.90. The molecule has 9 atom stereocenters. The summed E-state index contributed by atoms with van der Waals surface area (Å²) in [4.78, 5) is 68.7. The van der Waals surface area contributed by atoms with E-state index in [1.807, 2.05) is 0 Å². The highest BCUT2D eigenvalue weighted by atomic mass is 32.2. The van der Waals surface area contributed by atoms with Crippen LogP contribution in [0.25, 0.3) is 0 Å². The topological polar surface area (TPSA) is 185 Å². The van der Waals surface area contributed by atoms with E-state index >= 15 is 0 Å². The number of H-pyrrole nitrogens is 2. The van der Waals surface area contributed by atoms with Gasteiger partial charge >= 0.3 is 11.4 Å². The van der Waals surface area contributed by atoms with Gasteiger partial charge in [0.25, 0.3) is 11.1 Å². The zero-order valence-corrected chi connectivity index (χ0v) is 25.4. The van der Waals surface area contributed by atoms with Crippen LogP contribution in [0.4, 0.5) is 0 Å². The molecule has 5 fully saturated rings. The van der Waals surface area contributed by atoms with E-state index in [4.69, 9.17) is 28.4 Å². The average Bonchev–Trinajstić information content (AvgIpc) is 3.69. The fourth-order valence-corrected chi connectivity index (χ4v) is 7.91. The maximum atomic E-state index is 13.4. The van der Waals surface area contributed by atoms with Gasteiger partial charge < -0.3 is 33.3 Å². The number of rotatable bonds is 5. The van der Waals surface area contributed by atoms with Crippen LogP contribution < -0.4 is 22.5 Å². The molecule has 5 aliphatic rings. The minimum atomic E-state index is -0.989. The van der Waals surface area contributed by atoms with E-state index in [2.05, 4.69) is 9.97 Å². The normalized spacial score (nSPS) is 37.1. The fourth-order valence-electron chi connectivity index (χ4n) is 6.64. The van der Waals surface area contributed by atoms with Gasteiger partial charge in [0.2, 0.25) is 5.91 Å². The number of amides is 1. The summed E-state index contributed by atoms with van der Waals surface area (Å²) in [5, 5.41) is -0.551. The molecule has 0 radical (unpaired) electrons. The Balaban J connectivity index is 1.18. The minimum Gasteiger partial charge on any atom is -0.347 e. The van der Waals surface area contributed by atoms with Gasteiger partial charge in [-0.3, -0.25) is 33.5 Å². The number of ether oxygens (including phenoxy) is 6. The summed E-state index contributed by atoms with van der Waals surface area (Å²) in [5.74, 6) is -1.97. The molecule has 0 unspecified atom stereocenters. The van der Waals surface area contributed by atoms with Gasteiger partial charge in [-0.25, -0.2) is 9.59 Å². The molecule has 0 bridgehead atoms. The molecule has 2 aromatic heterocycles. The van der Waals surface area contributed by atoms with Gasteiger partial charge in [0.05, 0.1) is 12.3 Å². The van der Waals surface area contributed by atoms with E-state index in [0.717, 1.165) is 0 Å². The summed E-state index contributed by atoms with van der Waals surface area (Å²) < 4.78 is 40.0. The van der Waals surface area contributed by atoms with Crippen molar-refractivity contribution in [3.63, 3.8) is 0 Å². The number of hydrogen-bond acceptors (Lipinski definition) is 12. The predicted octanol–water partition coefficient (Wildman–Crippen LogP) is -0.868. The summed E-state index contributed by atoms with van der Waals surface area (Å²) in [6, 6.07) is 1.22. The van der Waals surface area contributed by atoms with Crippen LogP contribution in [0.2, 0.25) is 0 Å². The molecule has 16 nitrogen and oxygen atoms in total. The quantitative estimate of drug-likeness (QED) is 0.415. The number of aryl methyl sites for hydroxylation is 1.